The predicted octanol–water partition coefficient (Wildman–Crippen LogP) is 1.40. The molecule has 8 heteroatoms. The molecule has 0 radical (unpaired) electrons. The Morgan fingerprint density at radius 2 is 1.97 bits per heavy atom. The number of carbonyl (C=O) groups excluding carboxylic acids is 2. The minimum Gasteiger partial charge on any atom is -0.330 e. The highest BCUT2D eigenvalue weighted by Gasteiger charge is 2.57. The molecule has 32 heavy (non-hydrogen) atoms. The van der Waals surface area contributed by atoms with Gasteiger partial charge in [-0.25, -0.2) is 4.39 Å². The molecule has 2 aliphatic carbocycles. The average molecular weight is 438 g/mol. The molecule has 6 rings (SSSR count). The Hall–Kier alpha value is -2.50. The maximum atomic E-state index is 13.4. The van der Waals surface area contributed by atoms with Crippen molar-refractivity contribution in [3.63, 3.8) is 0 Å². The van der Waals surface area contributed by atoms with Gasteiger partial charge in [0.15, 0.2) is 0 Å². The fourth-order valence-electron chi connectivity index (χ4n) is 6.40. The smallest absolute Gasteiger partial charge is 0.242 e. The van der Waals surface area contributed by atoms with Gasteiger partial charge in [-0.3, -0.25) is 14.5 Å². The first-order valence-electron chi connectivity index (χ1n) is 11.8. The van der Waals surface area contributed by atoms with Crippen molar-refractivity contribution >= 4 is 11.8 Å². The molecular weight excluding hydrogens is 409 g/mol. The molecule has 7 atom stereocenters. The highest BCUT2D eigenvalue weighted by atomic mass is 19.1. The lowest BCUT2D eigenvalue weighted by Crippen LogP contribution is -2.57. The second-order valence-corrected chi connectivity index (χ2v) is 10.2. The number of likely N-dealkylation sites (tertiary alicyclic amines) is 3. The van der Waals surface area contributed by atoms with E-state index in [-0.39, 0.29) is 47.8 Å². The summed E-state index contributed by atoms with van der Waals surface area (Å²) in [7, 11) is 0. The summed E-state index contributed by atoms with van der Waals surface area (Å²) in [4.78, 5) is 32.2. The van der Waals surface area contributed by atoms with Crippen LogP contribution in [0.15, 0.2) is 24.3 Å². The number of rotatable bonds is 6. The van der Waals surface area contributed by atoms with Crippen LogP contribution in [0.2, 0.25) is 0 Å². The molecule has 1 aromatic carbocycles. The van der Waals surface area contributed by atoms with Gasteiger partial charge in [0.2, 0.25) is 11.8 Å². The molecule has 5 fully saturated rings. The number of nitrogens with zero attached hydrogens (tertiary/aromatic N) is 4. The lowest BCUT2D eigenvalue weighted by Gasteiger charge is -2.40. The first-order chi connectivity index (χ1) is 15.5. The molecule has 2 amide bonds. The number of benzene rings is 1. The van der Waals surface area contributed by atoms with Crippen LogP contribution in [0.1, 0.15) is 43.7 Å². The van der Waals surface area contributed by atoms with Gasteiger partial charge in [0.25, 0.3) is 0 Å². The van der Waals surface area contributed by atoms with E-state index < -0.39 is 6.04 Å². The molecule has 1 aromatic rings. The normalized spacial score (nSPS) is 35.0. The minimum atomic E-state index is -0.720. The Morgan fingerprint density at radius 3 is 2.62 bits per heavy atom. The van der Waals surface area contributed by atoms with Crippen molar-refractivity contribution in [2.75, 3.05) is 13.1 Å². The van der Waals surface area contributed by atoms with Gasteiger partial charge >= 0.3 is 0 Å². The number of piperazine rings is 1. The van der Waals surface area contributed by atoms with Gasteiger partial charge in [-0.1, -0.05) is 12.1 Å². The molecule has 0 spiro atoms. The predicted molar refractivity (Wildman–Crippen MR) is 113 cm³/mol. The van der Waals surface area contributed by atoms with Crippen LogP contribution >= 0.6 is 0 Å². The number of carbonyl (C=O) groups is 2. The minimum absolute atomic E-state index is 0.00309. The molecule has 3 heterocycles. The first kappa shape index (κ1) is 20.1. The van der Waals surface area contributed by atoms with E-state index in [4.69, 9.17) is 5.73 Å². The molecule has 1 unspecified atom stereocenters. The second kappa shape index (κ2) is 7.26. The van der Waals surface area contributed by atoms with Crippen molar-refractivity contribution in [3.8, 4) is 6.07 Å². The summed E-state index contributed by atoms with van der Waals surface area (Å²) in [5, 5.41) is 9.38. The number of nitriles is 1. The Labute approximate surface area is 186 Å². The lowest BCUT2D eigenvalue weighted by molar-refractivity contribution is -0.142. The third-order valence-corrected chi connectivity index (χ3v) is 8.15. The molecule has 3 aliphatic heterocycles. The zero-order valence-electron chi connectivity index (χ0n) is 17.9. The van der Waals surface area contributed by atoms with Crippen LogP contribution in [0, 0.1) is 29.0 Å². The zero-order valence-corrected chi connectivity index (χ0v) is 17.9. The Balaban J connectivity index is 1.14. The lowest BCUT2D eigenvalue weighted by atomic mass is 9.99. The molecule has 2 bridgehead atoms. The number of nitrogens with two attached hydrogens (primary N) is 1. The molecule has 2 saturated carbocycles. The molecule has 7 nitrogen and oxygen atoms in total. The third kappa shape index (κ3) is 3.13. The van der Waals surface area contributed by atoms with Gasteiger partial charge in [0.1, 0.15) is 11.9 Å². The quantitative estimate of drug-likeness (QED) is 0.726. The van der Waals surface area contributed by atoms with Gasteiger partial charge in [-0.05, 0) is 61.6 Å². The summed E-state index contributed by atoms with van der Waals surface area (Å²) >= 11 is 0. The van der Waals surface area contributed by atoms with E-state index >= 15 is 0 Å². The zero-order chi connectivity index (χ0) is 22.1. The number of halogens is 1. The molecule has 168 valence electrons. The molecular formula is C24H28FN5O2. The van der Waals surface area contributed by atoms with Crippen molar-refractivity contribution in [2.24, 2.45) is 17.6 Å². The summed E-state index contributed by atoms with van der Waals surface area (Å²) in [5.41, 5.74) is 7.31. The Kier molecular flexibility index (Phi) is 4.57. The fraction of sp³-hybridized carbons (Fsp3) is 0.625. The van der Waals surface area contributed by atoms with Crippen LogP contribution in [0.5, 0.6) is 0 Å². The fourth-order valence-corrected chi connectivity index (χ4v) is 6.40. The highest BCUT2D eigenvalue weighted by molar-refractivity contribution is 5.87. The summed E-state index contributed by atoms with van der Waals surface area (Å²) in [6, 6.07) is 7.73. The van der Waals surface area contributed by atoms with Crippen LogP contribution < -0.4 is 5.73 Å². The maximum Gasteiger partial charge on any atom is 0.242 e. The van der Waals surface area contributed by atoms with Crippen molar-refractivity contribution in [1.29, 1.82) is 5.26 Å². The van der Waals surface area contributed by atoms with Crippen LogP contribution in [-0.2, 0) is 9.59 Å². The van der Waals surface area contributed by atoms with Crippen molar-refractivity contribution < 1.29 is 14.0 Å². The van der Waals surface area contributed by atoms with Crippen LogP contribution in [-0.4, -0.2) is 69.8 Å². The van der Waals surface area contributed by atoms with Gasteiger partial charge in [0, 0.05) is 25.2 Å². The van der Waals surface area contributed by atoms with E-state index in [2.05, 4.69) is 11.0 Å². The van der Waals surface area contributed by atoms with Gasteiger partial charge in [-0.15, -0.1) is 0 Å². The number of piperidine rings is 1. The van der Waals surface area contributed by atoms with Gasteiger partial charge in [0.05, 0.1) is 24.2 Å². The Morgan fingerprint density at radius 1 is 1.22 bits per heavy atom. The van der Waals surface area contributed by atoms with E-state index in [1.807, 2.05) is 4.90 Å². The number of fused-ring (bicyclic) bond motifs is 3. The monoisotopic (exact) mass is 437 g/mol. The number of hydrogen-bond acceptors (Lipinski definition) is 5. The molecule has 2 N–H and O–H groups in total. The number of amides is 2. The summed E-state index contributed by atoms with van der Waals surface area (Å²) in [6.45, 7) is 1.05. The molecule has 5 aliphatic rings. The van der Waals surface area contributed by atoms with E-state index in [0.717, 1.165) is 37.7 Å². The highest BCUT2D eigenvalue weighted by Crippen LogP contribution is 2.50. The van der Waals surface area contributed by atoms with Crippen LogP contribution in [0.25, 0.3) is 0 Å². The summed E-state index contributed by atoms with van der Waals surface area (Å²) < 4.78 is 13.4. The maximum absolute atomic E-state index is 13.4. The third-order valence-electron chi connectivity index (χ3n) is 8.15. The van der Waals surface area contributed by atoms with Crippen LogP contribution in [0.4, 0.5) is 4.39 Å². The SMILES string of the molecule is N#C[C@@H]1C[C@@H]2CC2N1C(=O)[C@@H](N)CN1C[C@@H]2C[C@H]1C(=O)N2[C@H](c1ccc(F)cc1)C1CC1. The second-order valence-electron chi connectivity index (χ2n) is 10.2. The van der Waals surface area contributed by atoms with Crippen LogP contribution in [0.3, 0.4) is 0 Å². The van der Waals surface area contributed by atoms with Crippen molar-refractivity contribution in [3.05, 3.63) is 35.6 Å². The average Bonchev–Trinajstić information content (AvgIpc) is 3.67. The van der Waals surface area contributed by atoms with E-state index in [9.17, 15) is 19.2 Å². The molecule has 3 saturated heterocycles. The topological polar surface area (TPSA) is 93.7 Å². The van der Waals surface area contributed by atoms with Gasteiger partial charge < -0.3 is 15.5 Å². The molecule has 0 aromatic heterocycles. The van der Waals surface area contributed by atoms with Crippen molar-refractivity contribution in [2.45, 2.75) is 68.4 Å². The summed E-state index contributed by atoms with van der Waals surface area (Å²) in [6.07, 6.45) is 4.66. The van der Waals surface area contributed by atoms with E-state index in [1.165, 1.54) is 12.1 Å². The Bertz CT molecular complexity index is 989. The van der Waals surface area contributed by atoms with E-state index in [1.54, 1.807) is 17.0 Å². The standard InChI is InChI=1S/C24H28FN5O2/c25-16-5-3-14(4-6-16)22(13-1-2-13)30-18-9-21(24(30)32)28(11-18)12-19(27)23(31)29-17(10-26)7-15-8-20(15)29/h3-6,13,15,17-22H,1-2,7-9,11-12,27H2/t15-,17+,18+,19+,20?,21+,22+/m1/s1. The first-order valence-corrected chi connectivity index (χ1v) is 11.8. The largest absolute Gasteiger partial charge is 0.330 e. The van der Waals surface area contributed by atoms with Gasteiger partial charge in [-0.2, -0.15) is 5.26 Å². The number of hydrogen-bond donors (Lipinski definition) is 1. The van der Waals surface area contributed by atoms with E-state index in [0.29, 0.717) is 24.9 Å². The summed E-state index contributed by atoms with van der Waals surface area (Å²) in [5.74, 6) is 0.568. The van der Waals surface area contributed by atoms with Crippen molar-refractivity contribution in [1.82, 2.24) is 14.7 Å².